The molecule has 2 aromatic carbocycles. The molecule has 20 nitrogen and oxygen atoms in total. The Morgan fingerprint density at radius 3 is 1.95 bits per heavy atom. The Labute approximate surface area is 507 Å². The lowest BCUT2D eigenvalue weighted by Gasteiger charge is -2.61. The molecule has 3 fully saturated rings. The molecule has 2 saturated carbocycles. The smallest absolute Gasteiger partial charge is 0.461 e. The first-order chi connectivity index (χ1) is 38.2. The number of alkyl carbamates (subject to hydrolysis) is 1. The molecule has 0 unspecified atom stereocenters. The van der Waals surface area contributed by atoms with E-state index in [0.29, 0.717) is 13.0 Å². The molecule has 1 heterocycles. The maximum atomic E-state index is 16.3. The number of likely N-dealkylation sites (N-methyl/N-ethyl adjacent to an activating group) is 1. The van der Waals surface area contributed by atoms with Gasteiger partial charge in [0.2, 0.25) is 13.7 Å². The van der Waals surface area contributed by atoms with Gasteiger partial charge in [0, 0.05) is 63.9 Å². The molecule has 0 spiro atoms. The van der Waals surface area contributed by atoms with E-state index < -0.39 is 140 Å². The first-order valence-corrected chi connectivity index (χ1v) is 28.9. The second-order valence-corrected chi connectivity index (χ2v) is 27.7. The number of aliphatic hydroxyl groups is 1. The van der Waals surface area contributed by atoms with Gasteiger partial charge in [-0.05, 0) is 89.9 Å². The van der Waals surface area contributed by atoms with Crippen LogP contribution in [0.5, 0.6) is 0 Å². The third kappa shape index (κ3) is 16.7. The van der Waals surface area contributed by atoms with Crippen molar-refractivity contribution in [2.24, 2.45) is 16.7 Å². The Morgan fingerprint density at radius 2 is 1.38 bits per heavy atom. The summed E-state index contributed by atoms with van der Waals surface area (Å²) in [6.45, 7) is 13.0. The maximum Gasteiger partial charge on any atom is 0.509 e. The molecule has 0 radical (unpaired) electrons. The van der Waals surface area contributed by atoms with Crippen LogP contribution in [0.3, 0.4) is 0 Å². The number of halogens is 6. The van der Waals surface area contributed by atoms with Gasteiger partial charge >= 0.3 is 36.3 Å². The van der Waals surface area contributed by atoms with Crippen molar-refractivity contribution >= 4 is 112 Å². The number of ketones is 1. The molecule has 26 heteroatoms. The molecule has 82 heavy (non-hydrogen) atoms. The lowest BCUT2D eigenvalue weighted by atomic mass is 9.48. The van der Waals surface area contributed by atoms with Gasteiger partial charge in [-0.2, -0.15) is 0 Å². The van der Waals surface area contributed by atoms with Gasteiger partial charge in [-0.15, -0.1) is 0 Å². The largest absolute Gasteiger partial charge is 0.509 e. The Balaban J connectivity index is 1.54. The average Bonchev–Trinajstić information content (AvgIpc) is 2.45. The van der Waals surface area contributed by atoms with Gasteiger partial charge in [-0.3, -0.25) is 9.59 Å². The van der Waals surface area contributed by atoms with Gasteiger partial charge < -0.3 is 62.9 Å². The zero-order valence-electron chi connectivity index (χ0n) is 47.0. The van der Waals surface area contributed by atoms with Crippen LogP contribution in [0, 0.1) is 16.7 Å². The topological polar surface area (TPSA) is 241 Å². The molecule has 1 saturated heterocycles. The van der Waals surface area contributed by atoms with E-state index in [1.165, 1.54) is 59.1 Å². The molecule has 2 bridgehead atoms. The van der Waals surface area contributed by atoms with Crippen molar-refractivity contribution in [3.8, 4) is 0 Å². The van der Waals surface area contributed by atoms with Crippen LogP contribution < -0.4 is 5.32 Å². The highest BCUT2D eigenvalue weighted by Gasteiger charge is 2.71. The summed E-state index contributed by atoms with van der Waals surface area (Å²) in [5, 5.41) is 16.7. The highest BCUT2D eigenvalue weighted by molar-refractivity contribution is 6.68. The van der Waals surface area contributed by atoms with Gasteiger partial charge in [-0.1, -0.05) is 132 Å². The average molecular weight is 1270 g/mol. The van der Waals surface area contributed by atoms with Gasteiger partial charge in [0.05, 0.1) is 17.1 Å². The molecule has 2 N–H and O–H groups in total. The number of benzene rings is 2. The molecule has 454 valence electrons. The van der Waals surface area contributed by atoms with E-state index in [0.717, 1.165) is 26.2 Å². The summed E-state index contributed by atoms with van der Waals surface area (Å²) in [5.74, 6) is -5.25. The number of hydrogen-bond donors (Lipinski definition) is 2. The van der Waals surface area contributed by atoms with Crippen LogP contribution in [-0.2, 0) is 57.0 Å². The first kappa shape index (κ1) is 66.8. The molecule has 1 amide bonds. The fourth-order valence-corrected chi connectivity index (χ4v) is 11.5. The molecule has 0 aromatic heterocycles. The predicted octanol–water partition coefficient (Wildman–Crippen LogP) is 9.60. The number of alkyl halides is 6. The molecule has 6 rings (SSSR count). The highest BCUT2D eigenvalue weighted by Crippen LogP contribution is 2.61. The Morgan fingerprint density at radius 1 is 0.793 bits per heavy atom. The number of esters is 3. The van der Waals surface area contributed by atoms with Crippen LogP contribution in [0.1, 0.15) is 103 Å². The molecule has 3 aliphatic carbocycles. The Bertz CT molecular complexity index is 2640. The van der Waals surface area contributed by atoms with Crippen molar-refractivity contribution in [3.05, 3.63) is 82.9 Å². The number of carbonyl (C=O) groups is 7. The second-order valence-electron chi connectivity index (χ2n) is 22.7. The van der Waals surface area contributed by atoms with Crippen molar-refractivity contribution in [2.45, 2.75) is 142 Å². The summed E-state index contributed by atoms with van der Waals surface area (Å²) in [6, 6.07) is 14.0. The van der Waals surface area contributed by atoms with Crippen molar-refractivity contribution in [2.75, 3.05) is 60.1 Å². The van der Waals surface area contributed by atoms with Crippen molar-refractivity contribution < 1.29 is 81.3 Å². The number of Topliss-reactive ketones (excluding diaryl/α,β-unsaturated/α-hetero) is 1. The fraction of sp³-hybridized carbons (Fsp3) is 0.625. The van der Waals surface area contributed by atoms with Crippen LogP contribution >= 0.6 is 69.6 Å². The van der Waals surface area contributed by atoms with Crippen LogP contribution in [-0.4, -0.2) is 173 Å². The molecule has 10 atom stereocenters. The van der Waals surface area contributed by atoms with Gasteiger partial charge in [0.1, 0.15) is 48.8 Å². The summed E-state index contributed by atoms with van der Waals surface area (Å²) in [5.41, 5.74) is -7.31. The van der Waals surface area contributed by atoms with E-state index in [1.807, 2.05) is 7.05 Å². The minimum Gasteiger partial charge on any atom is -0.461 e. The van der Waals surface area contributed by atoms with Gasteiger partial charge in [0.25, 0.3) is 0 Å². The second kappa shape index (κ2) is 27.3. The lowest BCUT2D eigenvalue weighted by molar-refractivity contribution is -0.233. The number of rotatable bonds is 17. The predicted molar refractivity (Wildman–Crippen MR) is 303 cm³/mol. The van der Waals surface area contributed by atoms with Crippen molar-refractivity contribution in [1.29, 1.82) is 0 Å². The normalized spacial score (nSPS) is 26.8. The van der Waals surface area contributed by atoms with Crippen LogP contribution in [0.2, 0.25) is 0 Å². The highest BCUT2D eigenvalue weighted by atomic mass is 35.6. The summed E-state index contributed by atoms with van der Waals surface area (Å²) in [6.07, 6.45) is -14.5. The number of amides is 1. The molecule has 1 aliphatic heterocycles. The van der Waals surface area contributed by atoms with Crippen molar-refractivity contribution in [3.63, 3.8) is 0 Å². The van der Waals surface area contributed by atoms with Crippen LogP contribution in [0.25, 0.3) is 0 Å². The summed E-state index contributed by atoms with van der Waals surface area (Å²) in [4.78, 5) is 106. The van der Waals surface area contributed by atoms with E-state index >= 15 is 9.59 Å². The van der Waals surface area contributed by atoms with Crippen LogP contribution in [0.4, 0.5) is 14.4 Å². The zero-order chi connectivity index (χ0) is 60.8. The van der Waals surface area contributed by atoms with E-state index in [4.69, 9.17) is 112 Å². The first-order valence-electron chi connectivity index (χ1n) is 26.6. The maximum absolute atomic E-state index is 16.3. The molecule has 2 aromatic rings. The number of methoxy groups -OCH3 is 1. The minimum atomic E-state index is -2.48. The van der Waals surface area contributed by atoms with Crippen molar-refractivity contribution in [1.82, 2.24) is 15.1 Å². The lowest BCUT2D eigenvalue weighted by Crippen LogP contribution is -2.72. The molecule has 4 aliphatic rings. The van der Waals surface area contributed by atoms with Crippen LogP contribution in [0.15, 0.2) is 71.8 Å². The number of carbonyl (C=O) groups excluding carboxylic acids is 7. The number of ether oxygens (including phenoxy) is 9. The summed E-state index contributed by atoms with van der Waals surface area (Å²) < 4.78 is 48.5. The standard InChI is InChI=1S/C56H71Cl6N3O17/c1-32-37(77-47(69)43(80-50(72)76-31-56(60,61)62)41(33-17-12-10-13-18-33)63-48(70)82-51(2,3)4)29-54(73)45(81-46(68)34-19-14-11-15-20-34)36-27-35(74-9)28-38(78-39(66)21-16-22-65-25-23-64(8)24-26-65)53(36,7)44(67)42(40(32)52(54,5)6)79-49(71)75-30-55(57,58)59/h10-15,17-20,35-38,41-43,45,73H,16,21-31H2,1-9H3,(H,63,70)/t35-,36-,37-,38-,41-,42+,43+,45-,53-,54+/m0/s1. The minimum absolute atomic E-state index is 0.00246. The van der Waals surface area contributed by atoms with E-state index in [-0.39, 0.29) is 41.5 Å². The quantitative estimate of drug-likeness (QED) is 0.0648. The Kier molecular flexibility index (Phi) is 22.3. The Hall–Kier alpha value is -4.35. The summed E-state index contributed by atoms with van der Waals surface area (Å²) in [7, 11) is 3.45. The van der Waals surface area contributed by atoms with E-state index in [9.17, 15) is 29.1 Å². The van der Waals surface area contributed by atoms with Gasteiger partial charge in [0.15, 0.2) is 11.9 Å². The third-order valence-electron chi connectivity index (χ3n) is 15.5. The molecular weight excluding hydrogens is 1200 g/mol. The summed E-state index contributed by atoms with van der Waals surface area (Å²) >= 11 is 35.6. The number of nitrogens with one attached hydrogen (secondary N) is 1. The SMILES string of the molecule is CO[C@@H]1C[C@H](OC(=O)CCCN2CCN(C)CC2)[C@@]2(C)C(=O)[C@H](OC(=O)OCC(Cl)(Cl)Cl)C3=C(C)[C@@H](OC(=O)[C@H](OC(=O)OCC(Cl)(Cl)Cl)[C@@H](NC(=O)OC(C)(C)C)c4ccccc4)C[C@@](O)([C@@H](OC(=O)c4ccccc4)[C@@H]2C1)C3(C)C. The number of hydrogen-bond acceptors (Lipinski definition) is 19. The third-order valence-corrected chi connectivity index (χ3v) is 16.2. The molecular formula is C56H71Cl6N3O17. The number of fused-ring (bicyclic) bond motifs is 3. The number of nitrogens with zero attached hydrogens (tertiary/aromatic N) is 2. The van der Waals surface area contributed by atoms with Gasteiger partial charge in [-0.25, -0.2) is 24.0 Å². The number of piperazine rings is 1. The van der Waals surface area contributed by atoms with E-state index in [2.05, 4.69) is 15.1 Å². The monoisotopic (exact) mass is 1270 g/mol. The van der Waals surface area contributed by atoms with E-state index in [1.54, 1.807) is 57.2 Å². The zero-order valence-corrected chi connectivity index (χ0v) is 51.6. The fourth-order valence-electron chi connectivity index (χ4n) is 11.2.